The Morgan fingerprint density at radius 2 is 1.78 bits per heavy atom. The molecular formula is C24H22ClF4N3O3S. The number of aryl methyl sites for hydroxylation is 1. The van der Waals surface area contributed by atoms with Crippen LogP contribution in [0.25, 0.3) is 0 Å². The fourth-order valence-corrected chi connectivity index (χ4v) is 3.90. The minimum Gasteiger partial charge on any atom is -0.456 e. The van der Waals surface area contributed by atoms with Crippen LogP contribution in [-0.4, -0.2) is 21.4 Å². The van der Waals surface area contributed by atoms with Gasteiger partial charge in [0.25, 0.3) is 5.91 Å². The lowest BCUT2D eigenvalue weighted by Crippen LogP contribution is -2.28. The first-order valence-electron chi connectivity index (χ1n) is 10.4. The van der Waals surface area contributed by atoms with Crippen LogP contribution in [0.2, 0.25) is 5.02 Å². The molecule has 1 atom stereocenters. The molecular weight excluding hydrogens is 522 g/mol. The van der Waals surface area contributed by atoms with Crippen molar-refractivity contribution in [3.05, 3.63) is 81.9 Å². The number of carbonyl (C=O) groups is 1. The summed E-state index contributed by atoms with van der Waals surface area (Å²) < 4.78 is 78.7. The van der Waals surface area contributed by atoms with Crippen LogP contribution < -0.4 is 10.1 Å². The van der Waals surface area contributed by atoms with Gasteiger partial charge in [-0.3, -0.25) is 14.6 Å². The molecule has 0 aliphatic heterocycles. The highest BCUT2D eigenvalue weighted by atomic mass is 35.5. The topological polar surface area (TPSA) is 92.1 Å². The smallest absolute Gasteiger partial charge is 0.417 e. The maximum Gasteiger partial charge on any atom is 0.417 e. The highest BCUT2D eigenvalue weighted by molar-refractivity contribution is 7.92. The highest BCUT2D eigenvalue weighted by Crippen LogP contribution is 2.40. The monoisotopic (exact) mass is 543 g/mol. The molecule has 2 aromatic carbocycles. The average Bonchev–Trinajstić information content (AvgIpc) is 2.75. The van der Waals surface area contributed by atoms with Gasteiger partial charge in [-0.05, 0) is 68.8 Å². The molecule has 2 N–H and O–H groups in total. The Kier molecular flexibility index (Phi) is 7.39. The van der Waals surface area contributed by atoms with Crippen LogP contribution in [0.4, 0.5) is 23.2 Å². The maximum absolute atomic E-state index is 13.5. The third-order valence-electron chi connectivity index (χ3n) is 5.58. The van der Waals surface area contributed by atoms with Crippen LogP contribution in [0.1, 0.15) is 41.0 Å². The van der Waals surface area contributed by atoms with Crippen molar-refractivity contribution < 1.29 is 31.3 Å². The molecule has 3 aromatic rings. The van der Waals surface area contributed by atoms with Crippen molar-refractivity contribution in [2.24, 2.45) is 0 Å². The minimum absolute atomic E-state index is 0.0435. The molecule has 0 radical (unpaired) electrons. The number of nitrogens with one attached hydrogen (secondary N) is 2. The fraction of sp³-hybridized carbons (Fsp3) is 0.250. The number of ether oxygens (including phenoxy) is 1. The minimum atomic E-state index is -4.82. The number of anilines is 1. The van der Waals surface area contributed by atoms with Crippen LogP contribution in [0.3, 0.4) is 0 Å². The van der Waals surface area contributed by atoms with E-state index in [0.717, 1.165) is 18.2 Å². The van der Waals surface area contributed by atoms with Gasteiger partial charge >= 0.3 is 6.18 Å². The summed E-state index contributed by atoms with van der Waals surface area (Å²) in [6.45, 7) is 4.64. The molecule has 0 saturated carbocycles. The van der Waals surface area contributed by atoms with Crippen LogP contribution >= 0.6 is 11.6 Å². The number of nitrogens with zero attached hydrogens (tertiary/aromatic N) is 1. The molecule has 3 rings (SSSR count). The van der Waals surface area contributed by atoms with Gasteiger partial charge in [-0.1, -0.05) is 11.6 Å². The summed E-state index contributed by atoms with van der Waals surface area (Å²) in [5.41, 5.74) is -0.761. The Hall–Kier alpha value is -3.18. The van der Waals surface area contributed by atoms with Crippen LogP contribution in [0.15, 0.2) is 48.7 Å². The first kappa shape index (κ1) is 27.4. The van der Waals surface area contributed by atoms with Gasteiger partial charge in [0.2, 0.25) is 0 Å². The molecule has 0 saturated heterocycles. The highest BCUT2D eigenvalue weighted by Gasteiger charge is 2.35. The Balaban J connectivity index is 2.05. The molecule has 0 fully saturated rings. The van der Waals surface area contributed by atoms with E-state index in [1.165, 1.54) is 37.6 Å². The molecule has 6 nitrogen and oxygen atoms in total. The van der Waals surface area contributed by atoms with E-state index in [0.29, 0.717) is 11.6 Å². The van der Waals surface area contributed by atoms with Crippen LogP contribution in [0.5, 0.6) is 11.5 Å². The summed E-state index contributed by atoms with van der Waals surface area (Å²) in [5, 5.41) is 1.83. The maximum atomic E-state index is 13.5. The van der Waals surface area contributed by atoms with Gasteiger partial charge in [-0.25, -0.2) is 8.60 Å². The number of hydrogen-bond donors (Lipinski definition) is 2. The lowest BCUT2D eigenvalue weighted by molar-refractivity contribution is -0.137. The molecule has 0 aliphatic carbocycles. The molecule has 1 unspecified atom stereocenters. The van der Waals surface area contributed by atoms with Gasteiger partial charge in [-0.2, -0.15) is 13.2 Å². The zero-order chi connectivity index (χ0) is 27.1. The summed E-state index contributed by atoms with van der Waals surface area (Å²) in [6, 6.07) is 7.72. The number of alkyl halides is 3. The number of benzene rings is 2. The molecule has 0 spiro atoms. The summed E-state index contributed by atoms with van der Waals surface area (Å²) in [6.07, 6.45) is -2.21. The van der Waals surface area contributed by atoms with Crippen LogP contribution in [-0.2, 0) is 20.7 Å². The quantitative estimate of drug-likeness (QED) is 0.323. The average molecular weight is 544 g/mol. The van der Waals surface area contributed by atoms with E-state index in [9.17, 15) is 26.6 Å². The van der Waals surface area contributed by atoms with Crippen molar-refractivity contribution in [1.82, 2.24) is 4.98 Å². The van der Waals surface area contributed by atoms with Crippen molar-refractivity contribution >= 4 is 32.9 Å². The third-order valence-corrected chi connectivity index (χ3v) is 8.05. The Labute approximate surface area is 210 Å². The third kappa shape index (κ3) is 5.79. The Bertz CT molecular complexity index is 1440. The van der Waals surface area contributed by atoms with E-state index in [-0.39, 0.29) is 22.7 Å². The molecule has 12 heteroatoms. The normalized spacial score (nSPS) is 13.7. The molecule has 1 heterocycles. The summed E-state index contributed by atoms with van der Waals surface area (Å²) >= 11 is 5.86. The molecule has 1 amide bonds. The number of pyridine rings is 1. The zero-order valence-corrected chi connectivity index (χ0v) is 21.2. The number of aromatic nitrogens is 1. The van der Waals surface area contributed by atoms with Gasteiger partial charge in [0.1, 0.15) is 17.3 Å². The SMILES string of the molecule is Cc1cc(F)ccc1Oc1cc(C(F)(F)F)c(Cl)cc1C(=O)Nc1ccnc(C(C)(C)S(C)(=N)=O)c1. The summed E-state index contributed by atoms with van der Waals surface area (Å²) in [7, 11) is -3.07. The second-order valence-corrected chi connectivity index (χ2v) is 11.7. The van der Waals surface area contributed by atoms with Gasteiger partial charge in [0.05, 0.1) is 36.3 Å². The van der Waals surface area contributed by atoms with E-state index in [2.05, 4.69) is 10.3 Å². The van der Waals surface area contributed by atoms with E-state index < -0.39 is 48.7 Å². The largest absolute Gasteiger partial charge is 0.456 e. The first-order chi connectivity index (χ1) is 16.5. The van der Waals surface area contributed by atoms with Crippen LogP contribution in [0, 0.1) is 17.5 Å². The Morgan fingerprint density at radius 3 is 2.36 bits per heavy atom. The lowest BCUT2D eigenvalue weighted by atomic mass is 10.1. The van der Waals surface area contributed by atoms with Gasteiger partial charge in [0, 0.05) is 18.1 Å². The number of amides is 1. The number of hydrogen-bond acceptors (Lipinski definition) is 5. The zero-order valence-electron chi connectivity index (χ0n) is 19.6. The van der Waals surface area contributed by atoms with E-state index in [4.69, 9.17) is 21.1 Å². The van der Waals surface area contributed by atoms with Gasteiger partial charge in [0.15, 0.2) is 0 Å². The summed E-state index contributed by atoms with van der Waals surface area (Å²) in [5.74, 6) is -1.82. The Morgan fingerprint density at radius 1 is 1.11 bits per heavy atom. The van der Waals surface area contributed by atoms with Crippen molar-refractivity contribution in [1.29, 1.82) is 4.78 Å². The van der Waals surface area contributed by atoms with E-state index in [1.54, 1.807) is 13.8 Å². The number of carbonyl (C=O) groups excluding carboxylic acids is 1. The van der Waals surface area contributed by atoms with Crippen molar-refractivity contribution in [3.63, 3.8) is 0 Å². The first-order valence-corrected chi connectivity index (χ1v) is 12.7. The lowest BCUT2D eigenvalue weighted by Gasteiger charge is -2.24. The van der Waals surface area contributed by atoms with Gasteiger partial charge < -0.3 is 10.1 Å². The number of rotatable bonds is 6. The predicted octanol–water partition coefficient (Wildman–Crippen LogP) is 7.16. The summed E-state index contributed by atoms with van der Waals surface area (Å²) in [4.78, 5) is 17.3. The second-order valence-electron chi connectivity index (χ2n) is 8.58. The number of halogens is 5. The molecule has 1 aromatic heterocycles. The molecule has 192 valence electrons. The standard InChI is InChI=1S/C24H22ClF4N3O3S/c1-13-9-14(26)5-6-19(13)35-20-12-17(24(27,28)29)18(25)11-16(20)22(33)32-15-7-8-31-21(10-15)23(2,3)36(4,30)34/h5-12,30H,1-4H3,(H,31,32,33). The van der Waals surface area contributed by atoms with Crippen molar-refractivity contribution in [2.45, 2.75) is 31.7 Å². The van der Waals surface area contributed by atoms with Crippen molar-refractivity contribution in [2.75, 3.05) is 11.6 Å². The molecule has 36 heavy (non-hydrogen) atoms. The van der Waals surface area contributed by atoms with E-state index in [1.807, 2.05) is 0 Å². The van der Waals surface area contributed by atoms with E-state index >= 15 is 0 Å². The molecule has 0 aliphatic rings. The van der Waals surface area contributed by atoms with Gasteiger partial charge in [-0.15, -0.1) is 0 Å². The van der Waals surface area contributed by atoms with Crippen molar-refractivity contribution in [3.8, 4) is 11.5 Å². The second kappa shape index (κ2) is 9.70. The molecule has 0 bridgehead atoms. The predicted molar refractivity (Wildman–Crippen MR) is 130 cm³/mol. The fourth-order valence-electron chi connectivity index (χ4n) is 3.11.